The Labute approximate surface area is 114 Å². The van der Waals surface area contributed by atoms with Crippen molar-refractivity contribution in [3.8, 4) is 0 Å². The zero-order chi connectivity index (χ0) is 13.4. The highest BCUT2D eigenvalue weighted by molar-refractivity contribution is 5.81. The van der Waals surface area contributed by atoms with Crippen LogP contribution < -0.4 is 0 Å². The maximum atomic E-state index is 12.5. The first-order chi connectivity index (χ1) is 9.16. The van der Waals surface area contributed by atoms with Gasteiger partial charge in [0.15, 0.2) is 0 Å². The molecule has 1 saturated heterocycles. The van der Waals surface area contributed by atoms with E-state index in [0.717, 1.165) is 38.5 Å². The summed E-state index contributed by atoms with van der Waals surface area (Å²) in [7, 11) is 0. The van der Waals surface area contributed by atoms with Crippen molar-refractivity contribution in [1.29, 1.82) is 0 Å². The predicted octanol–water partition coefficient (Wildman–Crippen LogP) is 2.14. The summed E-state index contributed by atoms with van der Waals surface area (Å²) in [5.74, 6) is 0.140. The normalized spacial score (nSPS) is 32.5. The fourth-order valence-electron chi connectivity index (χ4n) is 3.88. The topological polar surface area (TPSA) is 57.6 Å². The maximum absolute atomic E-state index is 12.5. The van der Waals surface area contributed by atoms with Crippen molar-refractivity contribution in [2.75, 3.05) is 13.1 Å². The van der Waals surface area contributed by atoms with Crippen LogP contribution >= 0.6 is 0 Å². The summed E-state index contributed by atoms with van der Waals surface area (Å²) in [6, 6.07) is 0. The van der Waals surface area contributed by atoms with Crippen LogP contribution in [-0.4, -0.2) is 35.0 Å². The van der Waals surface area contributed by atoms with Crippen LogP contribution in [0.25, 0.3) is 0 Å². The van der Waals surface area contributed by atoms with E-state index in [2.05, 4.69) is 0 Å². The molecule has 0 aromatic heterocycles. The number of carboxylic acids is 1. The smallest absolute Gasteiger partial charge is 0.308 e. The van der Waals surface area contributed by atoms with Gasteiger partial charge in [0.25, 0.3) is 0 Å². The number of carbonyl (C=O) groups excluding carboxylic acids is 1. The molecule has 3 fully saturated rings. The van der Waals surface area contributed by atoms with Crippen molar-refractivity contribution in [2.24, 2.45) is 23.7 Å². The van der Waals surface area contributed by atoms with E-state index in [4.69, 9.17) is 0 Å². The second-order valence-electron chi connectivity index (χ2n) is 6.52. The minimum atomic E-state index is -0.712. The summed E-state index contributed by atoms with van der Waals surface area (Å²) in [4.78, 5) is 25.7. The lowest BCUT2D eigenvalue weighted by Gasteiger charge is -2.26. The van der Waals surface area contributed by atoms with E-state index in [9.17, 15) is 14.7 Å². The van der Waals surface area contributed by atoms with Gasteiger partial charge in [0, 0.05) is 19.0 Å². The fraction of sp³-hybridized carbons (Fsp3) is 0.867. The van der Waals surface area contributed by atoms with Crippen LogP contribution in [0.15, 0.2) is 0 Å². The number of likely N-dealkylation sites (tertiary alicyclic amines) is 1. The molecule has 0 aromatic rings. The first-order valence-electron chi connectivity index (χ1n) is 7.68. The van der Waals surface area contributed by atoms with Crippen LogP contribution in [0.3, 0.4) is 0 Å². The van der Waals surface area contributed by atoms with E-state index in [-0.39, 0.29) is 23.7 Å². The summed E-state index contributed by atoms with van der Waals surface area (Å²) < 4.78 is 0. The largest absolute Gasteiger partial charge is 0.481 e. The van der Waals surface area contributed by atoms with Crippen molar-refractivity contribution in [1.82, 2.24) is 4.90 Å². The van der Waals surface area contributed by atoms with Gasteiger partial charge in [-0.15, -0.1) is 0 Å². The fourth-order valence-corrected chi connectivity index (χ4v) is 3.88. The average Bonchev–Trinajstić information content (AvgIpc) is 3.17. The van der Waals surface area contributed by atoms with Gasteiger partial charge in [-0.25, -0.2) is 0 Å². The summed E-state index contributed by atoms with van der Waals surface area (Å²) >= 11 is 0. The number of aliphatic carboxylic acids is 1. The number of hydrogen-bond acceptors (Lipinski definition) is 2. The summed E-state index contributed by atoms with van der Waals surface area (Å²) in [6.07, 6.45) is 7.85. The van der Waals surface area contributed by atoms with Crippen LogP contribution in [0.2, 0.25) is 0 Å². The SMILES string of the molecule is O=C(O)[C@@H]1CN(C(=O)C2CCCCC2)C[C@H]1C1CC1. The third kappa shape index (κ3) is 2.63. The van der Waals surface area contributed by atoms with Crippen LogP contribution in [0.5, 0.6) is 0 Å². The van der Waals surface area contributed by atoms with Crippen LogP contribution in [0, 0.1) is 23.7 Å². The number of amides is 1. The molecular formula is C15H23NO3. The lowest BCUT2D eigenvalue weighted by molar-refractivity contribution is -0.143. The Kier molecular flexibility index (Phi) is 3.50. The van der Waals surface area contributed by atoms with Gasteiger partial charge >= 0.3 is 5.97 Å². The van der Waals surface area contributed by atoms with Crippen molar-refractivity contribution in [3.63, 3.8) is 0 Å². The molecule has 1 heterocycles. The molecular weight excluding hydrogens is 242 g/mol. The van der Waals surface area contributed by atoms with E-state index in [1.165, 1.54) is 6.42 Å². The van der Waals surface area contributed by atoms with Crippen molar-refractivity contribution in [2.45, 2.75) is 44.9 Å². The molecule has 1 aliphatic heterocycles. The molecule has 3 aliphatic rings. The van der Waals surface area contributed by atoms with E-state index in [1.807, 2.05) is 4.90 Å². The average molecular weight is 265 g/mol. The van der Waals surface area contributed by atoms with Crippen molar-refractivity contribution < 1.29 is 14.7 Å². The first-order valence-corrected chi connectivity index (χ1v) is 7.68. The van der Waals surface area contributed by atoms with E-state index >= 15 is 0 Å². The minimum Gasteiger partial charge on any atom is -0.481 e. The highest BCUT2D eigenvalue weighted by Crippen LogP contribution is 2.44. The molecule has 1 N–H and O–H groups in total. The molecule has 1 amide bonds. The number of nitrogens with zero attached hydrogens (tertiary/aromatic N) is 1. The summed E-state index contributed by atoms with van der Waals surface area (Å²) in [5.41, 5.74) is 0. The Morgan fingerprint density at radius 3 is 2.21 bits per heavy atom. The number of hydrogen-bond donors (Lipinski definition) is 1. The number of carboxylic acid groups (broad SMARTS) is 1. The number of rotatable bonds is 3. The van der Waals surface area contributed by atoms with Gasteiger partial charge in [-0.05, 0) is 37.5 Å². The van der Waals surface area contributed by atoms with Crippen LogP contribution in [0.4, 0.5) is 0 Å². The molecule has 0 spiro atoms. The molecule has 4 heteroatoms. The van der Waals surface area contributed by atoms with Gasteiger partial charge in [0.1, 0.15) is 0 Å². The quantitative estimate of drug-likeness (QED) is 0.850. The van der Waals surface area contributed by atoms with Gasteiger partial charge in [-0.2, -0.15) is 0 Å². The van der Waals surface area contributed by atoms with Gasteiger partial charge < -0.3 is 10.0 Å². The second-order valence-corrected chi connectivity index (χ2v) is 6.52. The Bertz CT molecular complexity index is 372. The molecule has 0 bridgehead atoms. The van der Waals surface area contributed by atoms with Crippen LogP contribution in [-0.2, 0) is 9.59 Å². The lowest BCUT2D eigenvalue weighted by atomic mass is 9.88. The van der Waals surface area contributed by atoms with Gasteiger partial charge in [-0.3, -0.25) is 9.59 Å². The monoisotopic (exact) mass is 265 g/mol. The highest BCUT2D eigenvalue weighted by atomic mass is 16.4. The predicted molar refractivity (Wildman–Crippen MR) is 70.5 cm³/mol. The first kappa shape index (κ1) is 12.9. The number of carbonyl (C=O) groups is 2. The standard InChI is InChI=1S/C15H23NO3/c17-14(11-4-2-1-3-5-11)16-8-12(10-6-7-10)13(9-16)15(18)19/h10-13H,1-9H2,(H,18,19)/t12-,13+/m0/s1. The third-order valence-electron chi connectivity index (χ3n) is 5.18. The molecule has 2 aliphatic carbocycles. The zero-order valence-corrected chi connectivity index (χ0v) is 11.4. The molecule has 106 valence electrons. The zero-order valence-electron chi connectivity index (χ0n) is 11.4. The molecule has 3 rings (SSSR count). The van der Waals surface area contributed by atoms with Gasteiger partial charge in [0.2, 0.25) is 5.91 Å². The molecule has 2 atom stereocenters. The maximum Gasteiger partial charge on any atom is 0.308 e. The lowest BCUT2D eigenvalue weighted by Crippen LogP contribution is -2.36. The summed E-state index contributed by atoms with van der Waals surface area (Å²) in [5, 5.41) is 9.33. The van der Waals surface area contributed by atoms with Crippen molar-refractivity contribution >= 4 is 11.9 Å². The van der Waals surface area contributed by atoms with E-state index in [1.54, 1.807) is 0 Å². The molecule has 4 nitrogen and oxygen atoms in total. The molecule has 2 saturated carbocycles. The Balaban J connectivity index is 1.65. The summed E-state index contributed by atoms with van der Waals surface area (Å²) in [6.45, 7) is 1.14. The second kappa shape index (κ2) is 5.14. The molecule has 19 heavy (non-hydrogen) atoms. The molecule has 0 radical (unpaired) electrons. The Morgan fingerprint density at radius 1 is 0.947 bits per heavy atom. The van der Waals surface area contributed by atoms with Crippen molar-refractivity contribution in [3.05, 3.63) is 0 Å². The Morgan fingerprint density at radius 2 is 1.63 bits per heavy atom. The van der Waals surface area contributed by atoms with E-state index in [0.29, 0.717) is 19.0 Å². The Hall–Kier alpha value is -1.06. The van der Waals surface area contributed by atoms with E-state index < -0.39 is 5.97 Å². The van der Waals surface area contributed by atoms with Gasteiger partial charge in [0.05, 0.1) is 5.92 Å². The molecule has 0 aromatic carbocycles. The van der Waals surface area contributed by atoms with Gasteiger partial charge in [-0.1, -0.05) is 19.3 Å². The minimum absolute atomic E-state index is 0.168. The highest BCUT2D eigenvalue weighted by Gasteiger charge is 2.47. The third-order valence-corrected chi connectivity index (χ3v) is 5.18. The molecule has 0 unspecified atom stereocenters. The van der Waals surface area contributed by atoms with Crippen LogP contribution in [0.1, 0.15) is 44.9 Å².